The molecule has 4 nitrogen and oxygen atoms in total. The predicted octanol–water partition coefficient (Wildman–Crippen LogP) is 1.59. The Morgan fingerprint density at radius 3 is 2.31 bits per heavy atom. The van der Waals surface area contributed by atoms with Gasteiger partial charge in [0.1, 0.15) is 5.75 Å². The number of phenolic OH excluding ortho intramolecular Hbond substituents is 1. The summed E-state index contributed by atoms with van der Waals surface area (Å²) in [5, 5.41) is 12.2. The summed E-state index contributed by atoms with van der Waals surface area (Å²) in [4.78, 5) is 23.1. The SMILES string of the molecule is CNC(=O)c1cccc(C(=O)C(C)C)c1O. The number of para-hydroxylation sites is 1. The third-order valence-electron chi connectivity index (χ3n) is 2.30. The van der Waals surface area contributed by atoms with Crippen molar-refractivity contribution in [2.45, 2.75) is 13.8 Å². The Morgan fingerprint density at radius 2 is 1.81 bits per heavy atom. The molecule has 86 valence electrons. The van der Waals surface area contributed by atoms with E-state index < -0.39 is 5.91 Å². The van der Waals surface area contributed by atoms with Gasteiger partial charge in [0.2, 0.25) is 0 Å². The molecule has 4 heteroatoms. The molecule has 2 N–H and O–H groups in total. The summed E-state index contributed by atoms with van der Waals surface area (Å²) < 4.78 is 0. The zero-order valence-electron chi connectivity index (χ0n) is 9.57. The van der Waals surface area contributed by atoms with Crippen LogP contribution in [-0.2, 0) is 0 Å². The molecule has 0 aromatic heterocycles. The number of benzene rings is 1. The van der Waals surface area contributed by atoms with E-state index in [4.69, 9.17) is 0 Å². The molecule has 0 unspecified atom stereocenters. The number of phenols is 1. The molecule has 1 aromatic rings. The van der Waals surface area contributed by atoms with Crippen LogP contribution in [0.2, 0.25) is 0 Å². The molecule has 0 heterocycles. The van der Waals surface area contributed by atoms with E-state index in [1.807, 2.05) is 0 Å². The molecule has 1 amide bonds. The van der Waals surface area contributed by atoms with Gasteiger partial charge in [-0.15, -0.1) is 0 Å². The molecule has 0 fully saturated rings. The summed E-state index contributed by atoms with van der Waals surface area (Å²) in [5.74, 6) is -1.05. The fourth-order valence-corrected chi connectivity index (χ4v) is 1.37. The number of carbonyl (C=O) groups is 2. The Labute approximate surface area is 94.3 Å². The van der Waals surface area contributed by atoms with Crippen molar-refractivity contribution in [1.29, 1.82) is 0 Å². The molecule has 16 heavy (non-hydrogen) atoms. The molecule has 1 rings (SSSR count). The summed E-state index contributed by atoms with van der Waals surface area (Å²) >= 11 is 0. The maximum Gasteiger partial charge on any atom is 0.254 e. The van der Waals surface area contributed by atoms with E-state index in [1.165, 1.54) is 19.2 Å². The van der Waals surface area contributed by atoms with Crippen LogP contribution in [0.4, 0.5) is 0 Å². The molecule has 0 bridgehead atoms. The highest BCUT2D eigenvalue weighted by Crippen LogP contribution is 2.24. The van der Waals surface area contributed by atoms with E-state index in [9.17, 15) is 14.7 Å². The highest BCUT2D eigenvalue weighted by atomic mass is 16.3. The van der Waals surface area contributed by atoms with Gasteiger partial charge in [0.05, 0.1) is 11.1 Å². The first-order valence-electron chi connectivity index (χ1n) is 5.07. The molecular formula is C12H15NO3. The predicted molar refractivity (Wildman–Crippen MR) is 60.7 cm³/mol. The van der Waals surface area contributed by atoms with Crippen molar-refractivity contribution >= 4 is 11.7 Å². The number of aromatic hydroxyl groups is 1. The fraction of sp³-hybridized carbons (Fsp3) is 0.333. The fourth-order valence-electron chi connectivity index (χ4n) is 1.37. The topological polar surface area (TPSA) is 66.4 Å². The molecule has 0 atom stereocenters. The lowest BCUT2D eigenvalue weighted by Gasteiger charge is -2.09. The molecule has 0 aliphatic heterocycles. The van der Waals surface area contributed by atoms with Gasteiger partial charge in [0, 0.05) is 13.0 Å². The van der Waals surface area contributed by atoms with E-state index in [0.717, 1.165) is 0 Å². The maximum absolute atomic E-state index is 11.7. The van der Waals surface area contributed by atoms with E-state index in [0.29, 0.717) is 0 Å². The van der Waals surface area contributed by atoms with Gasteiger partial charge in [-0.3, -0.25) is 9.59 Å². The number of hydrogen-bond acceptors (Lipinski definition) is 3. The number of amides is 1. The second-order valence-corrected chi connectivity index (χ2v) is 3.80. The van der Waals surface area contributed by atoms with Crippen LogP contribution in [0.5, 0.6) is 5.75 Å². The smallest absolute Gasteiger partial charge is 0.254 e. The van der Waals surface area contributed by atoms with E-state index in [2.05, 4.69) is 5.32 Å². The largest absolute Gasteiger partial charge is 0.506 e. The first-order valence-corrected chi connectivity index (χ1v) is 5.07. The van der Waals surface area contributed by atoms with Crippen molar-refractivity contribution in [1.82, 2.24) is 5.32 Å². The molecule has 0 spiro atoms. The van der Waals surface area contributed by atoms with Gasteiger partial charge in [0.25, 0.3) is 5.91 Å². The Hall–Kier alpha value is -1.84. The molecule has 0 radical (unpaired) electrons. The van der Waals surface area contributed by atoms with Crippen molar-refractivity contribution in [3.8, 4) is 5.75 Å². The van der Waals surface area contributed by atoms with Crippen LogP contribution in [0.25, 0.3) is 0 Å². The van der Waals surface area contributed by atoms with Crippen molar-refractivity contribution < 1.29 is 14.7 Å². The summed E-state index contributed by atoms with van der Waals surface area (Å²) in [5.41, 5.74) is 0.310. The second kappa shape index (κ2) is 4.79. The second-order valence-electron chi connectivity index (χ2n) is 3.80. The summed E-state index contributed by atoms with van der Waals surface area (Å²) in [7, 11) is 1.47. The van der Waals surface area contributed by atoms with Crippen LogP contribution in [0.1, 0.15) is 34.6 Å². The third-order valence-corrected chi connectivity index (χ3v) is 2.30. The number of Topliss-reactive ketones (excluding diaryl/α,β-unsaturated/α-hetero) is 1. The molecule has 0 aliphatic rings. The molecular weight excluding hydrogens is 206 g/mol. The number of rotatable bonds is 3. The van der Waals surface area contributed by atoms with Gasteiger partial charge in [0.15, 0.2) is 5.78 Å². The Kier molecular flexibility index (Phi) is 3.66. The minimum Gasteiger partial charge on any atom is -0.506 e. The van der Waals surface area contributed by atoms with Gasteiger partial charge in [-0.2, -0.15) is 0 Å². The number of carbonyl (C=O) groups excluding carboxylic acids is 2. The molecule has 0 saturated heterocycles. The monoisotopic (exact) mass is 221 g/mol. The zero-order chi connectivity index (χ0) is 12.3. The Balaban J connectivity index is 3.24. The van der Waals surface area contributed by atoms with Gasteiger partial charge in [-0.1, -0.05) is 19.9 Å². The Morgan fingerprint density at radius 1 is 1.25 bits per heavy atom. The summed E-state index contributed by atoms with van der Waals surface area (Å²) in [6.07, 6.45) is 0. The molecule has 0 saturated carbocycles. The quantitative estimate of drug-likeness (QED) is 0.762. The standard InChI is InChI=1S/C12H15NO3/c1-7(2)10(14)8-5-4-6-9(11(8)15)12(16)13-3/h4-7,15H,1-3H3,(H,13,16). The molecule has 0 aliphatic carbocycles. The average molecular weight is 221 g/mol. The first kappa shape index (κ1) is 12.2. The lowest BCUT2D eigenvalue weighted by Crippen LogP contribution is -2.19. The highest BCUT2D eigenvalue weighted by Gasteiger charge is 2.19. The van der Waals surface area contributed by atoms with Crippen LogP contribution in [0.3, 0.4) is 0 Å². The van der Waals surface area contributed by atoms with Crippen molar-refractivity contribution in [3.05, 3.63) is 29.3 Å². The lowest BCUT2D eigenvalue weighted by atomic mass is 9.98. The minimum atomic E-state index is -0.407. The maximum atomic E-state index is 11.7. The van der Waals surface area contributed by atoms with Gasteiger partial charge in [-0.05, 0) is 12.1 Å². The van der Waals surface area contributed by atoms with E-state index >= 15 is 0 Å². The average Bonchev–Trinajstić information content (AvgIpc) is 2.27. The van der Waals surface area contributed by atoms with Gasteiger partial charge < -0.3 is 10.4 Å². The number of ketones is 1. The van der Waals surface area contributed by atoms with Crippen LogP contribution >= 0.6 is 0 Å². The highest BCUT2D eigenvalue weighted by molar-refractivity contribution is 6.05. The van der Waals surface area contributed by atoms with E-state index in [-0.39, 0.29) is 28.6 Å². The minimum absolute atomic E-state index is 0.119. The van der Waals surface area contributed by atoms with Crippen LogP contribution < -0.4 is 5.32 Å². The van der Waals surface area contributed by atoms with Crippen molar-refractivity contribution in [3.63, 3.8) is 0 Å². The van der Waals surface area contributed by atoms with Crippen LogP contribution in [0, 0.1) is 5.92 Å². The van der Waals surface area contributed by atoms with Crippen LogP contribution in [-0.4, -0.2) is 23.8 Å². The Bertz CT molecular complexity index is 424. The van der Waals surface area contributed by atoms with Crippen molar-refractivity contribution in [2.75, 3.05) is 7.05 Å². The van der Waals surface area contributed by atoms with E-state index in [1.54, 1.807) is 19.9 Å². The van der Waals surface area contributed by atoms with Gasteiger partial charge in [-0.25, -0.2) is 0 Å². The third kappa shape index (κ3) is 2.21. The molecule has 1 aromatic carbocycles. The zero-order valence-corrected chi connectivity index (χ0v) is 9.57. The van der Waals surface area contributed by atoms with Crippen LogP contribution in [0.15, 0.2) is 18.2 Å². The number of nitrogens with one attached hydrogen (secondary N) is 1. The lowest BCUT2D eigenvalue weighted by molar-refractivity contribution is 0.0936. The number of hydrogen-bond donors (Lipinski definition) is 2. The van der Waals surface area contributed by atoms with Gasteiger partial charge >= 0.3 is 0 Å². The summed E-state index contributed by atoms with van der Waals surface area (Å²) in [6.45, 7) is 3.49. The first-order chi connectivity index (χ1) is 7.49. The normalized spacial score (nSPS) is 10.2. The summed E-state index contributed by atoms with van der Waals surface area (Å²) in [6, 6.07) is 4.58. The van der Waals surface area contributed by atoms with Crippen molar-refractivity contribution in [2.24, 2.45) is 5.92 Å².